The maximum atomic E-state index is 13.6. The van der Waals surface area contributed by atoms with Crippen LogP contribution in [0.25, 0.3) is 22.2 Å². The van der Waals surface area contributed by atoms with Gasteiger partial charge in [-0.05, 0) is 36.4 Å². The zero-order valence-corrected chi connectivity index (χ0v) is 18.9. The van der Waals surface area contributed by atoms with Crippen molar-refractivity contribution in [2.24, 2.45) is 0 Å². The number of amides is 1. The highest BCUT2D eigenvalue weighted by Crippen LogP contribution is 2.28. The standard InChI is InChI=1S/C28H23FN2O4/c29-21-12-10-19(11-13-21)25-18-23(22-8-4-5-9-24(22)30-25)28(33)35-26(20-6-2-1-3-7-20)27(32)31-14-16-34-17-15-31/h1-13,18,26H,14-17H2/t26-/m0/s1. The lowest BCUT2D eigenvalue weighted by molar-refractivity contribution is -0.145. The van der Waals surface area contributed by atoms with Crippen LogP contribution < -0.4 is 0 Å². The SMILES string of the molecule is O=C(O[C@H](C(=O)N1CCOCC1)c1ccccc1)c1cc(-c2ccc(F)cc2)nc2ccccc12. The van der Waals surface area contributed by atoms with E-state index in [4.69, 9.17) is 9.47 Å². The van der Waals surface area contributed by atoms with Gasteiger partial charge in [0.2, 0.25) is 6.10 Å². The predicted octanol–water partition coefficient (Wildman–Crippen LogP) is 4.80. The molecule has 6 nitrogen and oxygen atoms in total. The first-order valence-corrected chi connectivity index (χ1v) is 11.4. The van der Waals surface area contributed by atoms with Gasteiger partial charge in [-0.25, -0.2) is 14.2 Å². The molecule has 4 aromatic rings. The zero-order chi connectivity index (χ0) is 24.2. The zero-order valence-electron chi connectivity index (χ0n) is 18.9. The number of rotatable bonds is 5. The van der Waals surface area contributed by atoms with Crippen LogP contribution >= 0.6 is 0 Å². The van der Waals surface area contributed by atoms with Gasteiger partial charge in [0.25, 0.3) is 5.91 Å². The van der Waals surface area contributed by atoms with Gasteiger partial charge in [0.05, 0.1) is 30.0 Å². The van der Waals surface area contributed by atoms with Crippen molar-refractivity contribution in [3.05, 3.63) is 102 Å². The molecule has 0 spiro atoms. The van der Waals surface area contributed by atoms with Crippen molar-refractivity contribution in [1.29, 1.82) is 0 Å². The fourth-order valence-electron chi connectivity index (χ4n) is 4.12. The van der Waals surface area contributed by atoms with E-state index in [1.165, 1.54) is 12.1 Å². The molecule has 0 saturated carbocycles. The van der Waals surface area contributed by atoms with Crippen LogP contribution in [-0.4, -0.2) is 48.1 Å². The molecule has 0 unspecified atom stereocenters. The second-order valence-corrected chi connectivity index (χ2v) is 8.21. The van der Waals surface area contributed by atoms with Crippen LogP contribution in [0.3, 0.4) is 0 Å². The number of carbonyl (C=O) groups is 2. The van der Waals surface area contributed by atoms with Crippen LogP contribution in [0, 0.1) is 5.82 Å². The minimum absolute atomic E-state index is 0.283. The molecule has 0 N–H and O–H groups in total. The average molecular weight is 471 g/mol. The Labute approximate surface area is 201 Å². The number of nitrogens with zero attached hydrogens (tertiary/aromatic N) is 2. The summed E-state index contributed by atoms with van der Waals surface area (Å²) in [6, 6.07) is 23.7. The summed E-state index contributed by atoms with van der Waals surface area (Å²) in [6.45, 7) is 1.76. The topological polar surface area (TPSA) is 68.7 Å². The number of benzene rings is 3. The van der Waals surface area contributed by atoms with E-state index in [-0.39, 0.29) is 17.3 Å². The number of fused-ring (bicyclic) bond motifs is 1. The van der Waals surface area contributed by atoms with Crippen LogP contribution in [0.15, 0.2) is 84.9 Å². The Morgan fingerprint density at radius 2 is 1.60 bits per heavy atom. The summed E-state index contributed by atoms with van der Waals surface area (Å²) in [7, 11) is 0. The van der Waals surface area contributed by atoms with Crippen molar-refractivity contribution >= 4 is 22.8 Å². The number of ether oxygens (including phenoxy) is 2. The van der Waals surface area contributed by atoms with E-state index < -0.39 is 12.1 Å². The number of para-hydroxylation sites is 1. The largest absolute Gasteiger partial charge is 0.444 e. The lowest BCUT2D eigenvalue weighted by Gasteiger charge is -2.30. The fraction of sp³-hybridized carbons (Fsp3) is 0.179. The molecule has 1 aliphatic rings. The average Bonchev–Trinajstić information content (AvgIpc) is 2.92. The van der Waals surface area contributed by atoms with Crippen molar-refractivity contribution in [2.45, 2.75) is 6.10 Å². The van der Waals surface area contributed by atoms with Gasteiger partial charge in [0, 0.05) is 29.6 Å². The van der Waals surface area contributed by atoms with Crippen molar-refractivity contribution < 1.29 is 23.5 Å². The van der Waals surface area contributed by atoms with E-state index in [0.717, 1.165) is 0 Å². The third-order valence-corrected chi connectivity index (χ3v) is 5.95. The Balaban J connectivity index is 1.53. The quantitative estimate of drug-likeness (QED) is 0.392. The van der Waals surface area contributed by atoms with E-state index in [1.54, 1.807) is 59.5 Å². The Morgan fingerprint density at radius 3 is 2.34 bits per heavy atom. The summed E-state index contributed by atoms with van der Waals surface area (Å²) in [5, 5.41) is 0.606. The first kappa shape index (κ1) is 22.7. The molecule has 0 bridgehead atoms. The summed E-state index contributed by atoms with van der Waals surface area (Å²) < 4.78 is 24.7. The number of halogens is 1. The second-order valence-electron chi connectivity index (χ2n) is 8.21. The van der Waals surface area contributed by atoms with E-state index in [9.17, 15) is 14.0 Å². The summed E-state index contributed by atoms with van der Waals surface area (Å²) in [5.41, 5.74) is 2.64. The highest BCUT2D eigenvalue weighted by Gasteiger charge is 2.31. The maximum Gasteiger partial charge on any atom is 0.340 e. The molecule has 1 fully saturated rings. The van der Waals surface area contributed by atoms with Gasteiger partial charge in [-0.2, -0.15) is 0 Å². The third-order valence-electron chi connectivity index (χ3n) is 5.95. The number of carbonyl (C=O) groups excluding carboxylic acids is 2. The molecule has 1 atom stereocenters. The minimum Gasteiger partial charge on any atom is -0.444 e. The molecule has 7 heteroatoms. The van der Waals surface area contributed by atoms with Crippen LogP contribution in [0.5, 0.6) is 0 Å². The van der Waals surface area contributed by atoms with Gasteiger partial charge in [0.15, 0.2) is 0 Å². The number of esters is 1. The number of morpholine rings is 1. The van der Waals surface area contributed by atoms with E-state index in [1.807, 2.05) is 18.2 Å². The van der Waals surface area contributed by atoms with Crippen molar-refractivity contribution in [3.63, 3.8) is 0 Å². The molecule has 1 aromatic heterocycles. The summed E-state index contributed by atoms with van der Waals surface area (Å²) in [5.74, 6) is -1.28. The van der Waals surface area contributed by atoms with Crippen LogP contribution in [0.2, 0.25) is 0 Å². The van der Waals surface area contributed by atoms with Crippen LogP contribution in [0.1, 0.15) is 22.0 Å². The highest BCUT2D eigenvalue weighted by atomic mass is 19.1. The second kappa shape index (κ2) is 10.0. The Hall–Kier alpha value is -4.10. The number of pyridine rings is 1. The van der Waals surface area contributed by atoms with Crippen LogP contribution in [-0.2, 0) is 14.3 Å². The normalized spacial score (nSPS) is 14.5. The molecule has 3 aromatic carbocycles. The number of hydrogen-bond donors (Lipinski definition) is 0. The first-order valence-electron chi connectivity index (χ1n) is 11.4. The van der Waals surface area contributed by atoms with E-state index >= 15 is 0 Å². The number of aromatic nitrogens is 1. The van der Waals surface area contributed by atoms with Gasteiger partial charge in [-0.3, -0.25) is 4.79 Å². The number of hydrogen-bond acceptors (Lipinski definition) is 5. The molecule has 1 aliphatic heterocycles. The van der Waals surface area contributed by atoms with Crippen molar-refractivity contribution in [1.82, 2.24) is 9.88 Å². The molecule has 2 heterocycles. The first-order chi connectivity index (χ1) is 17.1. The Morgan fingerprint density at radius 1 is 0.914 bits per heavy atom. The lowest BCUT2D eigenvalue weighted by atomic mass is 10.0. The summed E-state index contributed by atoms with van der Waals surface area (Å²) in [4.78, 5) is 33.3. The minimum atomic E-state index is -1.09. The molecule has 1 saturated heterocycles. The van der Waals surface area contributed by atoms with Gasteiger partial charge >= 0.3 is 5.97 Å². The Kier molecular flexibility index (Phi) is 6.50. The fourth-order valence-corrected chi connectivity index (χ4v) is 4.12. The van der Waals surface area contributed by atoms with E-state index in [0.29, 0.717) is 54.0 Å². The summed E-state index contributed by atoms with van der Waals surface area (Å²) in [6.07, 6.45) is -1.09. The lowest BCUT2D eigenvalue weighted by Crippen LogP contribution is -2.44. The monoisotopic (exact) mass is 470 g/mol. The molecule has 176 valence electrons. The van der Waals surface area contributed by atoms with Gasteiger partial charge in [-0.1, -0.05) is 48.5 Å². The molecular formula is C28H23FN2O4. The van der Waals surface area contributed by atoms with Crippen LogP contribution in [0.4, 0.5) is 4.39 Å². The summed E-state index contributed by atoms with van der Waals surface area (Å²) >= 11 is 0. The molecular weight excluding hydrogens is 447 g/mol. The van der Waals surface area contributed by atoms with Gasteiger partial charge in [-0.15, -0.1) is 0 Å². The molecule has 1 amide bonds. The molecule has 0 aliphatic carbocycles. The van der Waals surface area contributed by atoms with E-state index in [2.05, 4.69) is 4.98 Å². The van der Waals surface area contributed by atoms with Gasteiger partial charge in [0.1, 0.15) is 5.82 Å². The van der Waals surface area contributed by atoms with Crippen molar-refractivity contribution in [3.8, 4) is 11.3 Å². The predicted molar refractivity (Wildman–Crippen MR) is 129 cm³/mol. The van der Waals surface area contributed by atoms with Crippen molar-refractivity contribution in [2.75, 3.05) is 26.3 Å². The molecule has 5 rings (SSSR count). The third kappa shape index (κ3) is 4.90. The molecule has 0 radical (unpaired) electrons. The Bertz CT molecular complexity index is 1350. The molecule has 35 heavy (non-hydrogen) atoms. The highest BCUT2D eigenvalue weighted by molar-refractivity contribution is 6.05. The smallest absolute Gasteiger partial charge is 0.340 e. The maximum absolute atomic E-state index is 13.6. The van der Waals surface area contributed by atoms with Gasteiger partial charge < -0.3 is 14.4 Å².